The molecule has 0 aromatic carbocycles. The van der Waals surface area contributed by atoms with Crippen LogP contribution in [0.25, 0.3) is 0 Å². The number of carbonyl (C=O) groups excluding carboxylic acids is 1. The Morgan fingerprint density at radius 2 is 1.79 bits per heavy atom. The largest absolute Gasteiger partial charge is 0.522 e. The number of likely N-dealkylation sites (tertiary alicyclic amines) is 1. The highest BCUT2D eigenvalue weighted by Crippen LogP contribution is 2.30. The summed E-state index contributed by atoms with van der Waals surface area (Å²) >= 11 is 0. The topological polar surface area (TPSA) is 55.6 Å². The Kier molecular flexibility index (Phi) is 5.49. The molecular formula is C8H11ClF6N2O2. The van der Waals surface area contributed by atoms with Gasteiger partial charge in [0.05, 0.1) is 6.04 Å². The van der Waals surface area contributed by atoms with Gasteiger partial charge in [0, 0.05) is 6.54 Å². The molecule has 19 heavy (non-hydrogen) atoms. The predicted molar refractivity (Wildman–Crippen MR) is 53.4 cm³/mol. The van der Waals surface area contributed by atoms with Crippen molar-refractivity contribution in [2.24, 2.45) is 5.73 Å². The molecule has 0 saturated carbocycles. The van der Waals surface area contributed by atoms with Gasteiger partial charge >= 0.3 is 12.5 Å². The molecular weight excluding hydrogens is 306 g/mol. The third kappa shape index (κ3) is 4.39. The van der Waals surface area contributed by atoms with Crippen LogP contribution >= 0.6 is 12.4 Å². The van der Waals surface area contributed by atoms with E-state index in [9.17, 15) is 31.1 Å². The summed E-state index contributed by atoms with van der Waals surface area (Å²) in [5.74, 6) is -1.46. The lowest BCUT2D eigenvalue weighted by Gasteiger charge is -2.46. The van der Waals surface area contributed by atoms with E-state index < -0.39 is 43.2 Å². The van der Waals surface area contributed by atoms with Gasteiger partial charge in [0.25, 0.3) is 0 Å². The van der Waals surface area contributed by atoms with Gasteiger partial charge in [-0.3, -0.25) is 9.53 Å². The zero-order chi connectivity index (χ0) is 14.3. The first-order chi connectivity index (χ1) is 7.93. The van der Waals surface area contributed by atoms with E-state index in [0.29, 0.717) is 4.90 Å². The SMILES string of the molecule is C[C@H]1[C@@H](OC(F)(F)F)CN1C(=O)C(N)C(F)(F)F.Cl. The Balaban J connectivity index is 0.00000324. The monoisotopic (exact) mass is 316 g/mol. The lowest BCUT2D eigenvalue weighted by atomic mass is 9.99. The third-order valence-electron chi connectivity index (χ3n) is 2.59. The number of amides is 1. The molecule has 1 rings (SSSR count). The lowest BCUT2D eigenvalue weighted by molar-refractivity contribution is -0.360. The van der Waals surface area contributed by atoms with Crippen molar-refractivity contribution in [2.45, 2.75) is 37.7 Å². The Hall–Kier alpha value is -0.740. The second-order valence-electron chi connectivity index (χ2n) is 3.85. The molecule has 1 saturated heterocycles. The summed E-state index contributed by atoms with van der Waals surface area (Å²) < 4.78 is 75.5. The molecule has 0 aromatic rings. The van der Waals surface area contributed by atoms with Gasteiger partial charge in [-0.2, -0.15) is 13.2 Å². The van der Waals surface area contributed by atoms with Crippen molar-refractivity contribution in [1.29, 1.82) is 0 Å². The Morgan fingerprint density at radius 1 is 1.32 bits per heavy atom. The number of ether oxygens (including phenoxy) is 1. The minimum atomic E-state index is -4.92. The number of alkyl halides is 6. The van der Waals surface area contributed by atoms with Crippen molar-refractivity contribution in [3.05, 3.63) is 0 Å². The molecule has 114 valence electrons. The van der Waals surface area contributed by atoms with E-state index >= 15 is 0 Å². The molecule has 0 spiro atoms. The Bertz CT molecular complexity index is 334. The van der Waals surface area contributed by atoms with Crippen LogP contribution in [0.4, 0.5) is 26.3 Å². The highest BCUT2D eigenvalue weighted by atomic mass is 35.5. The van der Waals surface area contributed by atoms with Gasteiger partial charge in [-0.25, -0.2) is 0 Å². The van der Waals surface area contributed by atoms with E-state index in [1.54, 1.807) is 0 Å². The van der Waals surface area contributed by atoms with Crippen molar-refractivity contribution < 1.29 is 35.9 Å². The zero-order valence-corrected chi connectivity index (χ0v) is 10.3. The highest BCUT2D eigenvalue weighted by Gasteiger charge is 2.51. The van der Waals surface area contributed by atoms with Crippen LogP contribution < -0.4 is 5.73 Å². The smallest absolute Gasteiger partial charge is 0.333 e. The van der Waals surface area contributed by atoms with Crippen LogP contribution in [-0.2, 0) is 9.53 Å². The first-order valence-corrected chi connectivity index (χ1v) is 4.81. The summed E-state index contributed by atoms with van der Waals surface area (Å²) in [6, 6.07) is -3.83. The van der Waals surface area contributed by atoms with Crippen LogP contribution in [0, 0.1) is 0 Å². The van der Waals surface area contributed by atoms with E-state index in [0.717, 1.165) is 6.92 Å². The first-order valence-electron chi connectivity index (χ1n) is 4.81. The second-order valence-corrected chi connectivity index (χ2v) is 3.85. The van der Waals surface area contributed by atoms with Gasteiger partial charge in [0.1, 0.15) is 6.10 Å². The fourth-order valence-electron chi connectivity index (χ4n) is 1.49. The van der Waals surface area contributed by atoms with E-state index in [2.05, 4.69) is 10.5 Å². The number of nitrogens with zero attached hydrogens (tertiary/aromatic N) is 1. The summed E-state index contributed by atoms with van der Waals surface area (Å²) in [4.78, 5) is 11.8. The first kappa shape index (κ1) is 18.3. The molecule has 0 aromatic heterocycles. The van der Waals surface area contributed by atoms with Crippen molar-refractivity contribution in [1.82, 2.24) is 4.90 Å². The molecule has 0 bridgehead atoms. The van der Waals surface area contributed by atoms with Gasteiger partial charge in [0.15, 0.2) is 6.04 Å². The van der Waals surface area contributed by atoms with Crippen LogP contribution in [0.1, 0.15) is 6.92 Å². The molecule has 1 aliphatic rings. The van der Waals surface area contributed by atoms with Crippen LogP contribution in [0.5, 0.6) is 0 Å². The van der Waals surface area contributed by atoms with Crippen LogP contribution in [0.3, 0.4) is 0 Å². The summed E-state index contributed by atoms with van der Waals surface area (Å²) in [5.41, 5.74) is 4.66. The molecule has 4 nitrogen and oxygen atoms in total. The molecule has 1 unspecified atom stereocenters. The summed E-state index contributed by atoms with van der Waals surface area (Å²) in [6.45, 7) is 0.587. The maximum Gasteiger partial charge on any atom is 0.522 e. The van der Waals surface area contributed by atoms with E-state index in [1.165, 1.54) is 0 Å². The number of halogens is 7. The third-order valence-corrected chi connectivity index (χ3v) is 2.59. The van der Waals surface area contributed by atoms with Gasteiger partial charge < -0.3 is 10.6 Å². The fourth-order valence-corrected chi connectivity index (χ4v) is 1.49. The lowest BCUT2D eigenvalue weighted by Crippen LogP contribution is -2.67. The number of rotatable bonds is 2. The predicted octanol–water partition coefficient (Wildman–Crippen LogP) is 1.43. The summed E-state index contributed by atoms with van der Waals surface area (Å²) in [7, 11) is 0. The van der Waals surface area contributed by atoms with E-state index in [1.807, 2.05) is 0 Å². The maximum absolute atomic E-state index is 12.1. The van der Waals surface area contributed by atoms with Crippen molar-refractivity contribution >= 4 is 18.3 Å². The Morgan fingerprint density at radius 3 is 2.11 bits per heavy atom. The number of carbonyl (C=O) groups is 1. The standard InChI is InChI=1S/C8H10F6N2O2.ClH/c1-3-4(18-8(12,13)14)2-16(3)6(17)5(15)7(9,10)11;/h3-5H,2,15H2,1H3;1H/t3-,4-,5?;/m0./s1. The summed E-state index contributed by atoms with van der Waals surface area (Å²) in [5, 5.41) is 0. The molecule has 1 fully saturated rings. The zero-order valence-electron chi connectivity index (χ0n) is 9.46. The average Bonchev–Trinajstić information content (AvgIpc) is 2.18. The van der Waals surface area contributed by atoms with Gasteiger partial charge in [-0.1, -0.05) is 0 Å². The molecule has 1 aliphatic heterocycles. The van der Waals surface area contributed by atoms with Gasteiger partial charge in [-0.15, -0.1) is 25.6 Å². The molecule has 0 aliphatic carbocycles. The van der Waals surface area contributed by atoms with E-state index in [4.69, 9.17) is 0 Å². The maximum atomic E-state index is 12.1. The van der Waals surface area contributed by atoms with Crippen LogP contribution in [0.15, 0.2) is 0 Å². The van der Waals surface area contributed by atoms with Crippen molar-refractivity contribution in [3.63, 3.8) is 0 Å². The molecule has 2 N–H and O–H groups in total. The number of hydrogen-bond donors (Lipinski definition) is 1. The Labute approximate surface area is 110 Å². The minimum absolute atomic E-state index is 0. The number of hydrogen-bond acceptors (Lipinski definition) is 3. The van der Waals surface area contributed by atoms with Crippen LogP contribution in [-0.4, -0.2) is 48.1 Å². The van der Waals surface area contributed by atoms with Gasteiger partial charge in [0.2, 0.25) is 5.91 Å². The molecule has 11 heteroatoms. The molecule has 1 heterocycles. The van der Waals surface area contributed by atoms with Crippen LogP contribution in [0.2, 0.25) is 0 Å². The van der Waals surface area contributed by atoms with Crippen molar-refractivity contribution in [3.8, 4) is 0 Å². The highest BCUT2D eigenvalue weighted by molar-refractivity contribution is 5.85. The molecule has 0 radical (unpaired) electrons. The molecule has 1 amide bonds. The quantitative estimate of drug-likeness (QED) is 0.784. The van der Waals surface area contributed by atoms with Crippen molar-refractivity contribution in [2.75, 3.05) is 6.54 Å². The second kappa shape index (κ2) is 5.71. The minimum Gasteiger partial charge on any atom is -0.333 e. The average molecular weight is 317 g/mol. The normalized spacial score (nSPS) is 25.4. The number of nitrogens with two attached hydrogens (primary N) is 1. The van der Waals surface area contributed by atoms with Gasteiger partial charge in [-0.05, 0) is 6.92 Å². The fraction of sp³-hybridized carbons (Fsp3) is 0.875. The summed E-state index contributed by atoms with van der Waals surface area (Å²) in [6.07, 6.45) is -11.2. The van der Waals surface area contributed by atoms with E-state index in [-0.39, 0.29) is 12.4 Å². The molecule has 3 atom stereocenters.